The van der Waals surface area contributed by atoms with E-state index in [0.29, 0.717) is 6.42 Å². The van der Waals surface area contributed by atoms with Gasteiger partial charge in [-0.3, -0.25) is 6.29 Å². The molecular formula is C18H36NNaO. The SMILES string of the molecule is CCCCCCCC/C=C\CCCCCCC[C-]=O.N.[Na+]. The van der Waals surface area contributed by atoms with Crippen LogP contribution in [0.4, 0.5) is 0 Å². The van der Waals surface area contributed by atoms with Crippen molar-refractivity contribution in [2.24, 2.45) is 0 Å². The molecule has 120 valence electrons. The van der Waals surface area contributed by atoms with Gasteiger partial charge in [0.15, 0.2) is 0 Å². The molecule has 0 radical (unpaired) electrons. The standard InChI is InChI=1S/C18H33O.H3N.Na/c1-2-3-4-5-6-7-8-9-10-11-12-13-14-15-16-17-18-19;;/h9-10H,2-8,11-17H2,1H3;1H3;/q-1;;+1/b10-9-;;. The van der Waals surface area contributed by atoms with Crippen molar-refractivity contribution in [2.45, 2.75) is 96.8 Å². The van der Waals surface area contributed by atoms with Crippen LogP contribution in [0.1, 0.15) is 96.8 Å². The second kappa shape index (κ2) is 25.3. The van der Waals surface area contributed by atoms with Crippen molar-refractivity contribution >= 4 is 6.29 Å². The molecule has 21 heavy (non-hydrogen) atoms. The molecule has 0 heterocycles. The van der Waals surface area contributed by atoms with Crippen LogP contribution in [0.25, 0.3) is 0 Å². The fraction of sp³-hybridized carbons (Fsp3) is 0.833. The monoisotopic (exact) mass is 305 g/mol. The average molecular weight is 305 g/mol. The number of unbranched alkanes of at least 4 members (excludes halogenated alkanes) is 12. The van der Waals surface area contributed by atoms with Crippen molar-refractivity contribution in [3.8, 4) is 0 Å². The van der Waals surface area contributed by atoms with E-state index >= 15 is 0 Å². The Bertz CT molecular complexity index is 207. The number of hydrogen-bond donors (Lipinski definition) is 1. The van der Waals surface area contributed by atoms with E-state index in [1.807, 2.05) is 6.29 Å². The third-order valence-corrected chi connectivity index (χ3v) is 3.54. The molecule has 0 aromatic heterocycles. The summed E-state index contributed by atoms with van der Waals surface area (Å²) in [6.45, 7) is 2.27. The van der Waals surface area contributed by atoms with Gasteiger partial charge in [0.25, 0.3) is 0 Å². The molecule has 0 rings (SSSR count). The van der Waals surface area contributed by atoms with E-state index < -0.39 is 0 Å². The number of rotatable bonds is 15. The van der Waals surface area contributed by atoms with Gasteiger partial charge in [0.05, 0.1) is 0 Å². The zero-order valence-corrected chi connectivity index (χ0v) is 16.7. The van der Waals surface area contributed by atoms with Crippen LogP contribution in [-0.2, 0) is 4.79 Å². The zero-order chi connectivity index (χ0) is 14.0. The van der Waals surface area contributed by atoms with Gasteiger partial charge in [0, 0.05) is 0 Å². The fourth-order valence-electron chi connectivity index (χ4n) is 2.27. The topological polar surface area (TPSA) is 52.1 Å². The molecule has 0 fully saturated rings. The van der Waals surface area contributed by atoms with E-state index in [4.69, 9.17) is 0 Å². The van der Waals surface area contributed by atoms with Crippen molar-refractivity contribution in [3.05, 3.63) is 12.2 Å². The van der Waals surface area contributed by atoms with Crippen molar-refractivity contribution in [1.29, 1.82) is 0 Å². The summed E-state index contributed by atoms with van der Waals surface area (Å²) in [7, 11) is 0. The minimum atomic E-state index is 0. The third-order valence-electron chi connectivity index (χ3n) is 3.54. The second-order valence-electron chi connectivity index (χ2n) is 5.48. The summed E-state index contributed by atoms with van der Waals surface area (Å²) in [6.07, 6.45) is 24.2. The summed E-state index contributed by atoms with van der Waals surface area (Å²) >= 11 is 0. The van der Waals surface area contributed by atoms with Gasteiger partial charge in [-0.05, 0) is 25.7 Å². The Kier molecular flexibility index (Phi) is 31.7. The Morgan fingerprint density at radius 1 is 0.714 bits per heavy atom. The summed E-state index contributed by atoms with van der Waals surface area (Å²) in [5.74, 6) is 0. The second-order valence-corrected chi connectivity index (χ2v) is 5.48. The normalized spacial score (nSPS) is 10.1. The Morgan fingerprint density at radius 3 is 1.62 bits per heavy atom. The molecule has 0 saturated carbocycles. The first-order chi connectivity index (χ1) is 9.41. The molecule has 0 aliphatic carbocycles. The molecule has 2 nitrogen and oxygen atoms in total. The smallest absolute Gasteiger partial charge is 0.542 e. The zero-order valence-electron chi connectivity index (χ0n) is 14.7. The Balaban J connectivity index is -0.00000162. The first kappa shape index (κ1) is 26.3. The average Bonchev–Trinajstić information content (AvgIpc) is 2.43. The molecule has 0 atom stereocenters. The first-order valence-electron chi connectivity index (χ1n) is 8.41. The molecule has 0 aliphatic heterocycles. The molecule has 0 aromatic rings. The molecule has 0 saturated heterocycles. The van der Waals surface area contributed by atoms with Gasteiger partial charge in [0.2, 0.25) is 0 Å². The molecular weight excluding hydrogens is 269 g/mol. The van der Waals surface area contributed by atoms with Crippen molar-refractivity contribution < 1.29 is 34.4 Å². The summed E-state index contributed by atoms with van der Waals surface area (Å²) in [5.41, 5.74) is 0. The van der Waals surface area contributed by atoms with Crippen LogP contribution >= 0.6 is 0 Å². The van der Waals surface area contributed by atoms with Crippen LogP contribution in [-0.4, -0.2) is 6.29 Å². The summed E-state index contributed by atoms with van der Waals surface area (Å²) in [4.78, 5) is 10.0. The summed E-state index contributed by atoms with van der Waals surface area (Å²) in [6, 6.07) is 0. The maximum absolute atomic E-state index is 10.0. The molecule has 0 bridgehead atoms. The Labute approximate surface area is 155 Å². The van der Waals surface area contributed by atoms with Gasteiger partial charge in [-0.2, -0.15) is 6.42 Å². The summed E-state index contributed by atoms with van der Waals surface area (Å²) in [5, 5.41) is 0. The van der Waals surface area contributed by atoms with Crippen LogP contribution in [0.5, 0.6) is 0 Å². The van der Waals surface area contributed by atoms with Crippen LogP contribution in [0.2, 0.25) is 0 Å². The van der Waals surface area contributed by atoms with Gasteiger partial charge in [-0.25, -0.2) is 0 Å². The van der Waals surface area contributed by atoms with Crippen molar-refractivity contribution in [2.75, 3.05) is 0 Å². The van der Waals surface area contributed by atoms with Gasteiger partial charge in [0.1, 0.15) is 0 Å². The molecule has 0 unspecified atom stereocenters. The fourth-order valence-corrected chi connectivity index (χ4v) is 2.27. The Hall–Kier alpha value is 0.370. The van der Waals surface area contributed by atoms with Crippen LogP contribution < -0.4 is 35.7 Å². The van der Waals surface area contributed by atoms with Crippen molar-refractivity contribution in [3.63, 3.8) is 0 Å². The van der Waals surface area contributed by atoms with Gasteiger partial charge >= 0.3 is 29.6 Å². The molecule has 0 amide bonds. The van der Waals surface area contributed by atoms with E-state index in [-0.39, 0.29) is 35.7 Å². The maximum Gasteiger partial charge on any atom is 1.00 e. The number of carbonyl (C=O) groups excluding carboxylic acids is 1. The minimum Gasteiger partial charge on any atom is -0.542 e. The van der Waals surface area contributed by atoms with E-state index in [1.165, 1.54) is 77.0 Å². The van der Waals surface area contributed by atoms with Crippen molar-refractivity contribution in [1.82, 2.24) is 6.15 Å². The quantitative estimate of drug-likeness (QED) is 0.218. The van der Waals surface area contributed by atoms with Gasteiger partial charge in [-0.1, -0.05) is 76.9 Å². The minimum absolute atomic E-state index is 0. The molecule has 0 aliphatic rings. The van der Waals surface area contributed by atoms with Crippen LogP contribution in [0, 0.1) is 0 Å². The largest absolute Gasteiger partial charge is 1.00 e. The number of hydrogen-bond acceptors (Lipinski definition) is 2. The molecule has 3 heteroatoms. The van der Waals surface area contributed by atoms with E-state index in [1.54, 1.807) is 0 Å². The predicted molar refractivity (Wildman–Crippen MR) is 90.2 cm³/mol. The molecule has 3 N–H and O–H groups in total. The van der Waals surface area contributed by atoms with Gasteiger partial charge in [-0.15, -0.1) is 0 Å². The molecule has 0 spiro atoms. The van der Waals surface area contributed by atoms with E-state index in [2.05, 4.69) is 19.1 Å². The van der Waals surface area contributed by atoms with Crippen LogP contribution in [0.15, 0.2) is 12.2 Å². The third kappa shape index (κ3) is 25.7. The van der Waals surface area contributed by atoms with Crippen LogP contribution in [0.3, 0.4) is 0 Å². The maximum atomic E-state index is 10.0. The summed E-state index contributed by atoms with van der Waals surface area (Å²) < 4.78 is 0. The first-order valence-corrected chi connectivity index (χ1v) is 8.41. The van der Waals surface area contributed by atoms with E-state index in [9.17, 15) is 4.79 Å². The number of allylic oxidation sites excluding steroid dienone is 2. The molecule has 0 aromatic carbocycles. The van der Waals surface area contributed by atoms with E-state index in [0.717, 1.165) is 6.42 Å². The predicted octanol–water partition coefficient (Wildman–Crippen LogP) is 3.30. The van der Waals surface area contributed by atoms with Gasteiger partial charge < -0.3 is 10.9 Å². The Morgan fingerprint density at radius 2 is 1.14 bits per heavy atom.